The molecule has 0 spiro atoms. The van der Waals surface area contributed by atoms with Crippen LogP contribution in [0.15, 0.2) is 11.6 Å². The first-order valence-electron chi connectivity index (χ1n) is 11.5. The zero-order chi connectivity index (χ0) is 22.6. The van der Waals surface area contributed by atoms with E-state index in [0.29, 0.717) is 31.3 Å². The van der Waals surface area contributed by atoms with Gasteiger partial charge in [0.2, 0.25) is 0 Å². The molecule has 0 radical (unpaired) electrons. The summed E-state index contributed by atoms with van der Waals surface area (Å²) in [5.74, 6) is -1.90. The largest absolute Gasteiger partial charge is 0.393 e. The molecular formula is C24H33FO6. The van der Waals surface area contributed by atoms with Gasteiger partial charge in [0.25, 0.3) is 0 Å². The maximum atomic E-state index is 15.5. The first-order chi connectivity index (χ1) is 14.4. The van der Waals surface area contributed by atoms with Crippen LogP contribution in [-0.4, -0.2) is 58.2 Å². The topological polar surface area (TPSA) is 93.1 Å². The Labute approximate surface area is 182 Å². The molecule has 1 saturated heterocycles. The van der Waals surface area contributed by atoms with E-state index in [9.17, 15) is 19.8 Å². The van der Waals surface area contributed by atoms with Gasteiger partial charge in [0.05, 0.1) is 12.2 Å². The van der Waals surface area contributed by atoms with Crippen LogP contribution in [0.2, 0.25) is 0 Å². The van der Waals surface area contributed by atoms with Crippen LogP contribution >= 0.6 is 0 Å². The third kappa shape index (κ3) is 2.58. The lowest BCUT2D eigenvalue weighted by atomic mass is 9.45. The molecule has 4 aliphatic carbocycles. The summed E-state index contributed by atoms with van der Waals surface area (Å²) in [4.78, 5) is 25.2. The number of allylic oxidation sites excluding steroid dienone is 1. The number of hydrogen-bond acceptors (Lipinski definition) is 6. The minimum Gasteiger partial charge on any atom is -0.393 e. The van der Waals surface area contributed by atoms with E-state index in [2.05, 4.69) is 0 Å². The van der Waals surface area contributed by atoms with Crippen molar-refractivity contribution in [1.82, 2.24) is 0 Å². The number of halogens is 1. The summed E-state index contributed by atoms with van der Waals surface area (Å²) in [5.41, 5.74) is -2.19. The molecule has 0 bridgehead atoms. The molecule has 1 aliphatic heterocycles. The van der Waals surface area contributed by atoms with Gasteiger partial charge in [-0.15, -0.1) is 0 Å². The van der Waals surface area contributed by atoms with Crippen molar-refractivity contribution in [2.75, 3.05) is 6.61 Å². The second-order valence-electron chi connectivity index (χ2n) is 11.3. The summed E-state index contributed by atoms with van der Waals surface area (Å²) in [6.07, 6.45) is 0.872. The lowest BCUT2D eigenvalue weighted by Crippen LogP contribution is -2.64. The molecule has 0 aromatic heterocycles. The van der Waals surface area contributed by atoms with Crippen LogP contribution in [0.3, 0.4) is 0 Å². The summed E-state index contributed by atoms with van der Waals surface area (Å²) in [7, 11) is 0. The zero-order valence-corrected chi connectivity index (χ0v) is 18.7. The summed E-state index contributed by atoms with van der Waals surface area (Å²) in [6, 6.07) is 0. The molecule has 5 aliphatic rings. The Morgan fingerprint density at radius 1 is 1.26 bits per heavy atom. The number of Topliss-reactive ketones (excluding diaryl/α,β-unsaturated/α-hetero) is 1. The number of fused-ring (bicyclic) bond motifs is 7. The highest BCUT2D eigenvalue weighted by atomic mass is 19.1. The van der Waals surface area contributed by atoms with E-state index in [-0.39, 0.29) is 30.0 Å². The summed E-state index contributed by atoms with van der Waals surface area (Å²) < 4.78 is 27.9. The van der Waals surface area contributed by atoms with E-state index < -0.39 is 53.0 Å². The van der Waals surface area contributed by atoms with Gasteiger partial charge in [0.15, 0.2) is 23.0 Å². The van der Waals surface area contributed by atoms with E-state index >= 15 is 4.39 Å². The number of aliphatic hydroxyl groups is 2. The number of hydrogen-bond donors (Lipinski definition) is 2. The van der Waals surface area contributed by atoms with Gasteiger partial charge in [-0.1, -0.05) is 13.8 Å². The second-order valence-corrected chi connectivity index (χ2v) is 11.3. The van der Waals surface area contributed by atoms with Crippen molar-refractivity contribution in [2.24, 2.45) is 28.6 Å². The van der Waals surface area contributed by atoms with Gasteiger partial charge in [-0.3, -0.25) is 9.59 Å². The highest BCUT2D eigenvalue weighted by Gasteiger charge is 2.77. The van der Waals surface area contributed by atoms with E-state index in [4.69, 9.17) is 9.47 Å². The van der Waals surface area contributed by atoms with E-state index in [1.54, 1.807) is 13.8 Å². The van der Waals surface area contributed by atoms with E-state index in [0.717, 1.165) is 0 Å². The number of ketones is 2. The Morgan fingerprint density at radius 3 is 2.65 bits per heavy atom. The SMILES string of the molecule is CC1(C)OC2C[C@H]3[C@@H]4CC(F)C5=CC(=O)CC[C@]5(C)[C@H]4C(O)C[C@]3(C)[C@]2(C(=O)CO)O1. The molecule has 31 heavy (non-hydrogen) atoms. The lowest BCUT2D eigenvalue weighted by molar-refractivity contribution is -0.228. The van der Waals surface area contributed by atoms with E-state index in [1.165, 1.54) is 6.08 Å². The number of alkyl halides is 1. The number of ether oxygens (including phenoxy) is 2. The fourth-order valence-electron chi connectivity index (χ4n) is 8.41. The minimum absolute atomic E-state index is 0.0457. The standard InChI is InChI=1S/C24H33FO6/c1-21(2)30-19-9-14-13-8-16(25)15-7-12(27)5-6-22(15,3)20(13)17(28)10-23(14,4)24(19,31-21)18(29)11-26/h7,13-14,16-17,19-20,26,28H,5-6,8-11H2,1-4H3/t13-,14-,16?,17?,19?,20+,22-,23-,24+/m0/s1. The maximum absolute atomic E-state index is 15.5. The molecular weight excluding hydrogens is 403 g/mol. The van der Waals surface area contributed by atoms with Crippen LogP contribution in [0.5, 0.6) is 0 Å². The first kappa shape index (κ1) is 21.7. The molecule has 3 unspecified atom stereocenters. The molecule has 172 valence electrons. The van der Waals surface area contributed by atoms with Crippen molar-refractivity contribution in [1.29, 1.82) is 0 Å². The Kier molecular flexibility index (Phi) is 4.52. The molecule has 6 nitrogen and oxygen atoms in total. The number of carbonyl (C=O) groups is 2. The van der Waals surface area contributed by atoms with Crippen LogP contribution in [0.25, 0.3) is 0 Å². The number of rotatable bonds is 2. The van der Waals surface area contributed by atoms with Gasteiger partial charge in [-0.2, -0.15) is 0 Å². The van der Waals surface area contributed by atoms with Crippen LogP contribution in [0.1, 0.15) is 59.8 Å². The fourth-order valence-corrected chi connectivity index (χ4v) is 8.41. The normalized spacial score (nSPS) is 52.6. The average Bonchev–Trinajstić information content (AvgIpc) is 3.08. The summed E-state index contributed by atoms with van der Waals surface area (Å²) in [6.45, 7) is 6.78. The van der Waals surface area contributed by atoms with Gasteiger partial charge in [-0.05, 0) is 74.3 Å². The highest BCUT2D eigenvalue weighted by molar-refractivity contribution is 5.92. The number of aliphatic hydroxyl groups excluding tert-OH is 2. The van der Waals surface area contributed by atoms with Gasteiger partial charge >= 0.3 is 0 Å². The highest BCUT2D eigenvalue weighted by Crippen LogP contribution is 2.70. The van der Waals surface area contributed by atoms with Gasteiger partial charge in [-0.25, -0.2) is 4.39 Å². The molecule has 0 amide bonds. The predicted octanol–water partition coefficient (Wildman–Crippen LogP) is 2.50. The molecule has 2 N–H and O–H groups in total. The molecule has 4 fully saturated rings. The second kappa shape index (κ2) is 6.46. The van der Waals surface area contributed by atoms with Crippen LogP contribution in [-0.2, 0) is 19.1 Å². The Balaban J connectivity index is 1.61. The average molecular weight is 437 g/mol. The smallest absolute Gasteiger partial charge is 0.193 e. The maximum Gasteiger partial charge on any atom is 0.193 e. The Hall–Kier alpha value is -1.15. The quantitative estimate of drug-likeness (QED) is 0.691. The van der Waals surface area contributed by atoms with Crippen LogP contribution < -0.4 is 0 Å². The van der Waals surface area contributed by atoms with Gasteiger partial charge in [0.1, 0.15) is 12.8 Å². The lowest BCUT2D eigenvalue weighted by Gasteiger charge is -2.61. The first-order valence-corrected chi connectivity index (χ1v) is 11.5. The van der Waals surface area contributed by atoms with Crippen molar-refractivity contribution >= 4 is 11.6 Å². The van der Waals surface area contributed by atoms with Crippen molar-refractivity contribution in [3.05, 3.63) is 11.6 Å². The van der Waals surface area contributed by atoms with E-state index in [1.807, 2.05) is 13.8 Å². The molecule has 9 atom stereocenters. The van der Waals surface area contributed by atoms with Gasteiger partial charge in [0, 0.05) is 11.8 Å². The van der Waals surface area contributed by atoms with Gasteiger partial charge < -0.3 is 19.7 Å². The zero-order valence-electron chi connectivity index (χ0n) is 18.7. The van der Waals surface area contributed by atoms with Crippen LogP contribution in [0.4, 0.5) is 4.39 Å². The minimum atomic E-state index is -1.35. The van der Waals surface area contributed by atoms with Crippen molar-refractivity contribution < 1.29 is 33.7 Å². The molecule has 5 rings (SSSR count). The third-order valence-corrected chi connectivity index (χ3v) is 9.42. The summed E-state index contributed by atoms with van der Waals surface area (Å²) >= 11 is 0. The van der Waals surface area contributed by atoms with Crippen LogP contribution in [0, 0.1) is 28.6 Å². The molecule has 1 heterocycles. The molecule has 0 aromatic rings. The monoisotopic (exact) mass is 436 g/mol. The molecule has 7 heteroatoms. The Morgan fingerprint density at radius 2 is 1.97 bits per heavy atom. The van der Waals surface area contributed by atoms with Crippen molar-refractivity contribution in [3.8, 4) is 0 Å². The summed E-state index contributed by atoms with van der Waals surface area (Å²) in [5, 5.41) is 21.3. The fraction of sp³-hybridized carbons (Fsp3) is 0.833. The molecule has 3 saturated carbocycles. The van der Waals surface area contributed by atoms with Crippen molar-refractivity contribution in [3.63, 3.8) is 0 Å². The Bertz CT molecular complexity index is 868. The number of carbonyl (C=O) groups excluding carboxylic acids is 2. The predicted molar refractivity (Wildman–Crippen MR) is 109 cm³/mol. The third-order valence-electron chi connectivity index (χ3n) is 9.42. The van der Waals surface area contributed by atoms with Crippen molar-refractivity contribution in [2.45, 2.75) is 89.6 Å². The molecule has 0 aromatic carbocycles.